The Hall–Kier alpha value is -2.35. The quantitative estimate of drug-likeness (QED) is 0.927. The van der Waals surface area contributed by atoms with Crippen molar-refractivity contribution in [3.05, 3.63) is 24.1 Å². The lowest BCUT2D eigenvalue weighted by Crippen LogP contribution is -2.29. The van der Waals surface area contributed by atoms with Gasteiger partial charge in [0.2, 0.25) is 5.91 Å². The Morgan fingerprint density at radius 3 is 2.75 bits per heavy atom. The number of nitriles is 1. The monoisotopic (exact) mass is 271 g/mol. The summed E-state index contributed by atoms with van der Waals surface area (Å²) in [4.78, 5) is 16.3. The Labute approximate surface area is 117 Å². The number of benzene rings is 1. The van der Waals surface area contributed by atoms with Crippen LogP contribution in [0.1, 0.15) is 39.5 Å². The molecule has 5 heteroatoms. The van der Waals surface area contributed by atoms with E-state index < -0.39 is 5.41 Å². The van der Waals surface area contributed by atoms with Gasteiger partial charge in [0.15, 0.2) is 11.5 Å². The lowest BCUT2D eigenvalue weighted by molar-refractivity contribution is -0.121. The van der Waals surface area contributed by atoms with Gasteiger partial charge in [0.1, 0.15) is 10.9 Å². The summed E-state index contributed by atoms with van der Waals surface area (Å²) in [5.74, 6) is 0.533. The largest absolute Gasteiger partial charge is 0.440 e. The molecule has 1 heterocycles. The number of anilines is 1. The predicted molar refractivity (Wildman–Crippen MR) is 76.1 cm³/mol. The first-order valence-electron chi connectivity index (χ1n) is 6.46. The van der Waals surface area contributed by atoms with Crippen LogP contribution >= 0.6 is 0 Å². The molecule has 0 fully saturated rings. The number of nitrogens with one attached hydrogen (secondary N) is 1. The van der Waals surface area contributed by atoms with E-state index in [2.05, 4.69) is 10.3 Å². The number of nitrogens with zero attached hydrogens (tertiary/aromatic N) is 2. The van der Waals surface area contributed by atoms with Gasteiger partial charge in [-0.2, -0.15) is 5.26 Å². The summed E-state index contributed by atoms with van der Waals surface area (Å²) < 4.78 is 5.60. The second-order valence-corrected chi connectivity index (χ2v) is 5.58. The van der Waals surface area contributed by atoms with Gasteiger partial charge in [-0.3, -0.25) is 4.79 Å². The molecule has 0 spiro atoms. The first-order valence-corrected chi connectivity index (χ1v) is 6.46. The minimum absolute atomic E-state index is 0.206. The molecule has 0 radical (unpaired) electrons. The first-order chi connectivity index (χ1) is 9.33. The highest BCUT2D eigenvalue weighted by Gasteiger charge is 2.27. The summed E-state index contributed by atoms with van der Waals surface area (Å²) in [5, 5.41) is 11.7. The van der Waals surface area contributed by atoms with Crippen LogP contribution < -0.4 is 5.32 Å². The third-order valence-corrected chi connectivity index (χ3v) is 3.00. The Balaban J connectivity index is 2.29. The van der Waals surface area contributed by atoms with E-state index in [1.807, 2.05) is 19.9 Å². The second-order valence-electron chi connectivity index (χ2n) is 5.58. The first kappa shape index (κ1) is 14.1. The molecule has 0 unspecified atom stereocenters. The Morgan fingerprint density at radius 2 is 2.15 bits per heavy atom. The highest BCUT2D eigenvalue weighted by atomic mass is 16.3. The summed E-state index contributed by atoms with van der Waals surface area (Å²) in [6.07, 6.45) is 0. The van der Waals surface area contributed by atoms with E-state index in [0.717, 1.165) is 0 Å². The number of amides is 1. The number of rotatable bonds is 3. The van der Waals surface area contributed by atoms with E-state index >= 15 is 0 Å². The Morgan fingerprint density at radius 1 is 1.45 bits per heavy atom. The zero-order valence-electron chi connectivity index (χ0n) is 12.0. The topological polar surface area (TPSA) is 78.9 Å². The van der Waals surface area contributed by atoms with E-state index in [9.17, 15) is 4.79 Å². The molecule has 20 heavy (non-hydrogen) atoms. The van der Waals surface area contributed by atoms with Gasteiger partial charge in [-0.25, -0.2) is 4.98 Å². The van der Waals surface area contributed by atoms with Crippen LogP contribution in [0.15, 0.2) is 22.6 Å². The van der Waals surface area contributed by atoms with Crippen LogP contribution in [-0.2, 0) is 4.79 Å². The van der Waals surface area contributed by atoms with Crippen molar-refractivity contribution in [2.75, 3.05) is 5.32 Å². The zero-order chi connectivity index (χ0) is 14.9. The van der Waals surface area contributed by atoms with Crippen LogP contribution in [0.25, 0.3) is 11.1 Å². The Bertz CT molecular complexity index is 693. The number of carbonyl (C=O) groups is 1. The number of hydrogen-bond donors (Lipinski definition) is 1. The summed E-state index contributed by atoms with van der Waals surface area (Å²) in [6.45, 7) is 7.16. The van der Waals surface area contributed by atoms with Crippen LogP contribution in [-0.4, -0.2) is 10.9 Å². The van der Waals surface area contributed by atoms with Gasteiger partial charge in [-0.1, -0.05) is 13.8 Å². The molecule has 0 aliphatic carbocycles. The molecule has 104 valence electrons. The maximum absolute atomic E-state index is 11.9. The van der Waals surface area contributed by atoms with Crippen LogP contribution in [0.4, 0.5) is 5.69 Å². The predicted octanol–water partition coefficient (Wildman–Crippen LogP) is 3.44. The minimum Gasteiger partial charge on any atom is -0.440 e. The molecule has 0 saturated heterocycles. The third kappa shape index (κ3) is 2.64. The molecule has 0 atom stereocenters. The molecule has 0 aliphatic heterocycles. The van der Waals surface area contributed by atoms with Crippen molar-refractivity contribution in [2.24, 2.45) is 5.41 Å². The van der Waals surface area contributed by atoms with Crippen LogP contribution in [0.5, 0.6) is 0 Å². The normalized spacial score (nSPS) is 11.6. The second kappa shape index (κ2) is 4.97. The molecular weight excluding hydrogens is 254 g/mol. The fraction of sp³-hybridized carbons (Fsp3) is 0.400. The molecule has 2 aromatic rings. The van der Waals surface area contributed by atoms with Gasteiger partial charge in [0.25, 0.3) is 0 Å². The molecule has 5 nitrogen and oxygen atoms in total. The van der Waals surface area contributed by atoms with Gasteiger partial charge in [-0.15, -0.1) is 0 Å². The van der Waals surface area contributed by atoms with Crippen molar-refractivity contribution in [1.82, 2.24) is 4.98 Å². The van der Waals surface area contributed by atoms with Crippen molar-refractivity contribution in [3.63, 3.8) is 0 Å². The zero-order valence-corrected chi connectivity index (χ0v) is 12.0. The highest BCUT2D eigenvalue weighted by molar-refractivity contribution is 5.97. The van der Waals surface area contributed by atoms with Crippen LogP contribution in [0.2, 0.25) is 0 Å². The number of oxazole rings is 1. The standard InChI is InChI=1S/C15H17N3O2/c1-9(2)13-18-11-7-10(5-6-12(11)20-13)17-14(19)15(3,4)8-16/h5-7,9H,1-4H3,(H,17,19). The lowest BCUT2D eigenvalue weighted by atomic mass is 9.94. The molecule has 2 rings (SSSR count). The molecule has 0 saturated carbocycles. The van der Waals surface area contributed by atoms with E-state index in [-0.39, 0.29) is 11.8 Å². The summed E-state index contributed by atoms with van der Waals surface area (Å²) in [7, 11) is 0. The van der Waals surface area contributed by atoms with Gasteiger partial charge < -0.3 is 9.73 Å². The average Bonchev–Trinajstić information content (AvgIpc) is 2.82. The highest BCUT2D eigenvalue weighted by Crippen LogP contribution is 2.25. The molecule has 1 N–H and O–H groups in total. The number of carbonyl (C=O) groups excluding carboxylic acids is 1. The van der Waals surface area contributed by atoms with Crippen molar-refractivity contribution < 1.29 is 9.21 Å². The summed E-state index contributed by atoms with van der Waals surface area (Å²) >= 11 is 0. The average molecular weight is 271 g/mol. The van der Waals surface area contributed by atoms with Crippen molar-refractivity contribution in [2.45, 2.75) is 33.6 Å². The van der Waals surface area contributed by atoms with Crippen molar-refractivity contribution in [1.29, 1.82) is 5.26 Å². The third-order valence-electron chi connectivity index (χ3n) is 3.00. The summed E-state index contributed by atoms with van der Waals surface area (Å²) in [6, 6.07) is 7.22. The summed E-state index contributed by atoms with van der Waals surface area (Å²) in [5.41, 5.74) is 0.920. The Kier molecular flexibility index (Phi) is 3.49. The van der Waals surface area contributed by atoms with Crippen molar-refractivity contribution >= 4 is 22.7 Å². The van der Waals surface area contributed by atoms with Gasteiger partial charge in [0.05, 0.1) is 6.07 Å². The van der Waals surface area contributed by atoms with Crippen molar-refractivity contribution in [3.8, 4) is 6.07 Å². The fourth-order valence-electron chi connectivity index (χ4n) is 1.61. The maximum Gasteiger partial charge on any atom is 0.244 e. The molecular formula is C15H17N3O2. The van der Waals surface area contributed by atoms with E-state index in [1.165, 1.54) is 0 Å². The molecule has 1 amide bonds. The molecule has 0 aliphatic rings. The van der Waals surface area contributed by atoms with E-state index in [4.69, 9.17) is 9.68 Å². The number of aromatic nitrogens is 1. The smallest absolute Gasteiger partial charge is 0.244 e. The van der Waals surface area contributed by atoms with Gasteiger partial charge >= 0.3 is 0 Å². The molecule has 1 aromatic heterocycles. The molecule has 1 aromatic carbocycles. The maximum atomic E-state index is 11.9. The van der Waals surface area contributed by atoms with Crippen LogP contribution in [0, 0.1) is 16.7 Å². The van der Waals surface area contributed by atoms with Gasteiger partial charge in [-0.05, 0) is 32.0 Å². The number of hydrogen-bond acceptors (Lipinski definition) is 4. The number of fused-ring (bicyclic) bond motifs is 1. The van der Waals surface area contributed by atoms with E-state index in [1.54, 1.807) is 32.0 Å². The van der Waals surface area contributed by atoms with Gasteiger partial charge in [0, 0.05) is 11.6 Å². The molecule has 0 bridgehead atoms. The van der Waals surface area contributed by atoms with E-state index in [0.29, 0.717) is 22.7 Å². The van der Waals surface area contributed by atoms with Crippen LogP contribution in [0.3, 0.4) is 0 Å². The lowest BCUT2D eigenvalue weighted by Gasteiger charge is -2.14. The fourth-order valence-corrected chi connectivity index (χ4v) is 1.61. The minimum atomic E-state index is -1.07. The SMILES string of the molecule is CC(C)c1nc2cc(NC(=O)C(C)(C)C#N)ccc2o1.